The first-order valence-electron chi connectivity index (χ1n) is 13.9. The molecule has 11 heteroatoms. The van der Waals surface area contributed by atoms with Crippen molar-refractivity contribution in [2.45, 2.75) is 30.8 Å². The molecule has 4 rings (SSSR count). The highest BCUT2D eigenvalue weighted by atomic mass is 79.9. The maximum Gasteiger partial charge on any atom is 0.264 e. The Kier molecular flexibility index (Phi) is 11.4. The van der Waals surface area contributed by atoms with Gasteiger partial charge in [-0.25, -0.2) is 8.42 Å². The van der Waals surface area contributed by atoms with E-state index in [-0.39, 0.29) is 23.5 Å². The van der Waals surface area contributed by atoms with E-state index in [0.29, 0.717) is 27.4 Å². The Balaban J connectivity index is 1.79. The first-order valence-corrected chi connectivity index (χ1v) is 16.5. The molecule has 230 valence electrons. The molecule has 1 N–H and O–H groups in total. The lowest BCUT2D eigenvalue weighted by Crippen LogP contribution is -2.53. The van der Waals surface area contributed by atoms with Gasteiger partial charge in [0.1, 0.15) is 18.3 Å². The average Bonchev–Trinajstić information content (AvgIpc) is 3.03. The van der Waals surface area contributed by atoms with E-state index in [9.17, 15) is 18.0 Å². The van der Waals surface area contributed by atoms with Crippen molar-refractivity contribution >= 4 is 55.1 Å². The van der Waals surface area contributed by atoms with Gasteiger partial charge in [-0.2, -0.15) is 0 Å². The van der Waals surface area contributed by atoms with Gasteiger partial charge in [0.2, 0.25) is 11.8 Å². The van der Waals surface area contributed by atoms with Gasteiger partial charge < -0.3 is 15.0 Å². The van der Waals surface area contributed by atoms with E-state index in [1.165, 1.54) is 24.1 Å². The van der Waals surface area contributed by atoms with Crippen molar-refractivity contribution in [3.63, 3.8) is 0 Å². The Morgan fingerprint density at radius 2 is 1.55 bits per heavy atom. The second-order valence-corrected chi connectivity index (χ2v) is 13.0. The SMILES string of the molecule is CCOc1ccc(N(CC(=O)N(Cc2ccccc2Cl)[C@@H](Cc2ccccc2)C(=O)NC)S(=O)(=O)c2ccc(Br)cc2)cc1. The molecule has 0 bridgehead atoms. The minimum absolute atomic E-state index is 0.00664. The number of nitrogens with zero attached hydrogens (tertiary/aromatic N) is 2. The lowest BCUT2D eigenvalue weighted by molar-refractivity contribution is -0.139. The topological polar surface area (TPSA) is 96.0 Å². The number of sulfonamides is 1. The molecular formula is C33H33BrClN3O5S. The largest absolute Gasteiger partial charge is 0.494 e. The second-order valence-electron chi connectivity index (χ2n) is 9.83. The molecule has 0 saturated heterocycles. The maximum atomic E-state index is 14.4. The van der Waals surface area contributed by atoms with Crippen LogP contribution in [-0.4, -0.2) is 51.4 Å². The molecule has 0 saturated carbocycles. The number of hydrogen-bond donors (Lipinski definition) is 1. The van der Waals surface area contributed by atoms with Crippen molar-refractivity contribution in [2.75, 3.05) is 24.5 Å². The summed E-state index contributed by atoms with van der Waals surface area (Å²) < 4.78 is 35.5. The number of anilines is 1. The molecule has 0 aliphatic carbocycles. The zero-order chi connectivity index (χ0) is 31.7. The number of benzene rings is 4. The number of nitrogens with one attached hydrogen (secondary N) is 1. The van der Waals surface area contributed by atoms with E-state index in [1.807, 2.05) is 37.3 Å². The van der Waals surface area contributed by atoms with Crippen LogP contribution in [0.15, 0.2) is 112 Å². The third kappa shape index (κ3) is 8.19. The fraction of sp³-hybridized carbons (Fsp3) is 0.212. The molecule has 0 aromatic heterocycles. The van der Waals surface area contributed by atoms with Crippen molar-refractivity contribution in [1.82, 2.24) is 10.2 Å². The first-order chi connectivity index (χ1) is 21.1. The molecule has 0 spiro atoms. The standard InChI is InChI=1S/C33H33BrClN3O5S/c1-3-43-28-17-15-27(16-18-28)38(44(41,42)29-19-13-26(34)14-20-29)23-32(39)37(22-25-11-7-8-12-30(25)35)31(33(40)36-2)21-24-9-5-4-6-10-24/h4-20,31H,3,21-23H2,1-2H3,(H,36,40)/t31-/m0/s1. The Hall–Kier alpha value is -3.86. The third-order valence-corrected chi connectivity index (χ3v) is 9.62. The molecule has 0 fully saturated rings. The van der Waals surface area contributed by atoms with Crippen LogP contribution in [0.2, 0.25) is 5.02 Å². The lowest BCUT2D eigenvalue weighted by Gasteiger charge is -2.33. The number of carbonyl (C=O) groups excluding carboxylic acids is 2. The molecule has 8 nitrogen and oxygen atoms in total. The summed E-state index contributed by atoms with van der Waals surface area (Å²) in [5.74, 6) is -0.409. The van der Waals surface area contributed by atoms with Crippen LogP contribution in [-0.2, 0) is 32.6 Å². The van der Waals surface area contributed by atoms with Crippen LogP contribution in [0.4, 0.5) is 5.69 Å². The molecule has 4 aromatic carbocycles. The minimum atomic E-state index is -4.22. The van der Waals surface area contributed by atoms with Crippen LogP contribution >= 0.6 is 27.5 Å². The van der Waals surface area contributed by atoms with Crippen LogP contribution in [0, 0.1) is 0 Å². The third-order valence-electron chi connectivity index (χ3n) is 6.93. The quantitative estimate of drug-likeness (QED) is 0.183. The van der Waals surface area contributed by atoms with Gasteiger partial charge in [-0.3, -0.25) is 13.9 Å². The lowest BCUT2D eigenvalue weighted by atomic mass is 10.0. The van der Waals surface area contributed by atoms with E-state index in [2.05, 4.69) is 21.2 Å². The van der Waals surface area contributed by atoms with Gasteiger partial charge in [-0.05, 0) is 72.6 Å². The van der Waals surface area contributed by atoms with Crippen molar-refractivity contribution in [1.29, 1.82) is 0 Å². The Morgan fingerprint density at radius 3 is 2.16 bits per heavy atom. The van der Waals surface area contributed by atoms with Crippen LogP contribution in [0.1, 0.15) is 18.1 Å². The molecule has 0 aliphatic rings. The summed E-state index contributed by atoms with van der Waals surface area (Å²) in [6, 6.07) is 28.1. The highest BCUT2D eigenvalue weighted by Gasteiger charge is 2.34. The molecular weight excluding hydrogens is 666 g/mol. The molecule has 44 heavy (non-hydrogen) atoms. The van der Waals surface area contributed by atoms with Crippen molar-refractivity contribution < 1.29 is 22.7 Å². The number of likely N-dealkylation sites (N-methyl/N-ethyl adjacent to an activating group) is 1. The second kappa shape index (κ2) is 15.2. The smallest absolute Gasteiger partial charge is 0.264 e. The maximum absolute atomic E-state index is 14.4. The molecule has 0 radical (unpaired) electrons. The first kappa shape index (κ1) is 33.0. The van der Waals surface area contributed by atoms with Crippen LogP contribution in [0.3, 0.4) is 0 Å². The predicted octanol–water partition coefficient (Wildman–Crippen LogP) is 6.08. The van der Waals surface area contributed by atoms with E-state index >= 15 is 0 Å². The average molecular weight is 699 g/mol. The molecule has 0 unspecified atom stereocenters. The van der Waals surface area contributed by atoms with Gasteiger partial charge in [0.25, 0.3) is 10.0 Å². The van der Waals surface area contributed by atoms with Gasteiger partial charge >= 0.3 is 0 Å². The number of halogens is 2. The van der Waals surface area contributed by atoms with Crippen molar-refractivity contribution in [2.24, 2.45) is 0 Å². The van der Waals surface area contributed by atoms with Crippen molar-refractivity contribution in [3.05, 3.63) is 124 Å². The van der Waals surface area contributed by atoms with E-state index in [1.54, 1.807) is 60.7 Å². The highest BCUT2D eigenvalue weighted by Crippen LogP contribution is 2.28. The fourth-order valence-electron chi connectivity index (χ4n) is 4.67. The summed E-state index contributed by atoms with van der Waals surface area (Å²) >= 11 is 9.84. The fourth-order valence-corrected chi connectivity index (χ4v) is 6.54. The Labute approximate surface area is 271 Å². The van der Waals surface area contributed by atoms with Gasteiger partial charge in [-0.15, -0.1) is 0 Å². The summed E-state index contributed by atoms with van der Waals surface area (Å²) in [4.78, 5) is 29.1. The molecule has 2 amide bonds. The summed E-state index contributed by atoms with van der Waals surface area (Å²) in [6.07, 6.45) is 0.208. The zero-order valence-corrected chi connectivity index (χ0v) is 27.5. The molecule has 1 atom stereocenters. The van der Waals surface area contributed by atoms with Crippen LogP contribution in [0.5, 0.6) is 5.75 Å². The highest BCUT2D eigenvalue weighted by molar-refractivity contribution is 9.10. The monoisotopic (exact) mass is 697 g/mol. The molecule has 0 heterocycles. The van der Waals surface area contributed by atoms with E-state index in [0.717, 1.165) is 9.87 Å². The van der Waals surface area contributed by atoms with Gasteiger partial charge in [0.05, 0.1) is 17.2 Å². The predicted molar refractivity (Wildman–Crippen MR) is 176 cm³/mol. The number of amides is 2. The van der Waals surface area contributed by atoms with E-state index in [4.69, 9.17) is 16.3 Å². The van der Waals surface area contributed by atoms with Gasteiger partial charge in [0, 0.05) is 29.5 Å². The molecule has 4 aromatic rings. The van der Waals surface area contributed by atoms with Gasteiger partial charge in [0.15, 0.2) is 0 Å². The van der Waals surface area contributed by atoms with Gasteiger partial charge in [-0.1, -0.05) is 76.1 Å². The Bertz CT molecular complexity index is 1670. The number of carbonyl (C=O) groups is 2. The summed E-state index contributed by atoms with van der Waals surface area (Å²) in [7, 11) is -2.72. The summed E-state index contributed by atoms with van der Waals surface area (Å²) in [5, 5.41) is 3.09. The Morgan fingerprint density at radius 1 is 0.909 bits per heavy atom. The minimum Gasteiger partial charge on any atom is -0.494 e. The normalized spacial score (nSPS) is 11.8. The summed E-state index contributed by atoms with van der Waals surface area (Å²) in [6.45, 7) is 1.71. The number of ether oxygens (including phenoxy) is 1. The van der Waals surface area contributed by atoms with Crippen LogP contribution < -0.4 is 14.4 Å². The van der Waals surface area contributed by atoms with E-state index < -0.39 is 34.4 Å². The number of rotatable bonds is 13. The van der Waals surface area contributed by atoms with Crippen molar-refractivity contribution in [3.8, 4) is 5.75 Å². The number of hydrogen-bond acceptors (Lipinski definition) is 5. The summed E-state index contributed by atoms with van der Waals surface area (Å²) in [5.41, 5.74) is 1.72. The zero-order valence-electron chi connectivity index (χ0n) is 24.3. The van der Waals surface area contributed by atoms with Crippen LogP contribution in [0.25, 0.3) is 0 Å². The molecule has 0 aliphatic heterocycles.